The molecule has 0 saturated heterocycles. The van der Waals surface area contributed by atoms with E-state index in [0.29, 0.717) is 5.70 Å². The summed E-state index contributed by atoms with van der Waals surface area (Å²) in [6.45, 7) is 1.85. The first-order chi connectivity index (χ1) is 4.84. The molecular weight excluding hydrogens is 126 g/mol. The van der Waals surface area contributed by atoms with Crippen molar-refractivity contribution in [2.75, 3.05) is 0 Å². The van der Waals surface area contributed by atoms with Gasteiger partial charge in [-0.25, -0.2) is 4.79 Å². The summed E-state index contributed by atoms with van der Waals surface area (Å²) in [6, 6.07) is 0. The molecule has 2 nitrogen and oxygen atoms in total. The van der Waals surface area contributed by atoms with Crippen LogP contribution in [0.5, 0.6) is 0 Å². The SMILES string of the molecule is CC1=C(N=C=O)C=C=C=C1. The third-order valence-electron chi connectivity index (χ3n) is 1.15. The second-order valence-corrected chi connectivity index (χ2v) is 1.85. The second-order valence-electron chi connectivity index (χ2n) is 1.85. The molecule has 0 radical (unpaired) electrons. The van der Waals surface area contributed by atoms with Crippen molar-refractivity contribution in [3.63, 3.8) is 0 Å². The summed E-state index contributed by atoms with van der Waals surface area (Å²) in [6.07, 6.45) is 4.78. The summed E-state index contributed by atoms with van der Waals surface area (Å²) < 4.78 is 0. The Balaban J connectivity index is 3.10. The summed E-state index contributed by atoms with van der Waals surface area (Å²) in [5, 5.41) is 0. The van der Waals surface area contributed by atoms with Crippen LogP contribution < -0.4 is 0 Å². The first-order valence-electron chi connectivity index (χ1n) is 2.81. The van der Waals surface area contributed by atoms with Gasteiger partial charge in [0.2, 0.25) is 6.08 Å². The Kier molecular flexibility index (Phi) is 1.84. The van der Waals surface area contributed by atoms with Crippen molar-refractivity contribution < 1.29 is 4.79 Å². The van der Waals surface area contributed by atoms with Gasteiger partial charge in [-0.3, -0.25) is 0 Å². The Bertz CT molecular complexity index is 317. The number of isocyanates is 1. The molecule has 0 heterocycles. The third-order valence-corrected chi connectivity index (χ3v) is 1.15. The average molecular weight is 131 g/mol. The van der Waals surface area contributed by atoms with E-state index < -0.39 is 0 Å². The molecule has 1 aliphatic rings. The molecule has 1 rings (SSSR count). The Morgan fingerprint density at radius 1 is 1.50 bits per heavy atom. The van der Waals surface area contributed by atoms with Crippen LogP contribution in [-0.2, 0) is 4.79 Å². The summed E-state index contributed by atoms with van der Waals surface area (Å²) in [4.78, 5) is 13.3. The van der Waals surface area contributed by atoms with Crippen molar-refractivity contribution in [3.8, 4) is 0 Å². The zero-order valence-corrected chi connectivity index (χ0v) is 5.51. The number of hydrogen-bond donors (Lipinski definition) is 0. The van der Waals surface area contributed by atoms with Crippen LogP contribution in [-0.4, -0.2) is 6.08 Å². The molecule has 48 valence electrons. The van der Waals surface area contributed by atoms with E-state index in [1.807, 2.05) is 6.92 Å². The minimum atomic E-state index is 0.605. The van der Waals surface area contributed by atoms with E-state index in [1.54, 1.807) is 12.2 Å². The predicted octanol–water partition coefficient (Wildman–Crippen LogP) is 1.48. The van der Waals surface area contributed by atoms with E-state index in [0.717, 1.165) is 5.57 Å². The van der Waals surface area contributed by atoms with Crippen molar-refractivity contribution in [1.29, 1.82) is 0 Å². The van der Waals surface area contributed by atoms with E-state index in [2.05, 4.69) is 16.5 Å². The number of rotatable bonds is 1. The maximum Gasteiger partial charge on any atom is 0.240 e. The van der Waals surface area contributed by atoms with E-state index in [4.69, 9.17) is 0 Å². The summed E-state index contributed by atoms with van der Waals surface area (Å²) in [7, 11) is 0. The molecule has 1 aliphatic carbocycles. The Labute approximate surface area is 58.6 Å². The number of nitrogens with zero attached hydrogens (tertiary/aromatic N) is 1. The lowest BCUT2D eigenvalue weighted by atomic mass is 10.2. The maximum atomic E-state index is 9.81. The van der Waals surface area contributed by atoms with Gasteiger partial charge in [-0.15, -0.1) is 0 Å². The normalized spacial score (nSPS) is 13.7. The second kappa shape index (κ2) is 2.82. The Morgan fingerprint density at radius 2 is 2.20 bits per heavy atom. The highest BCUT2D eigenvalue weighted by molar-refractivity contribution is 5.43. The molecule has 0 aromatic carbocycles. The lowest BCUT2D eigenvalue weighted by molar-refractivity contribution is 0.565. The highest BCUT2D eigenvalue weighted by Gasteiger charge is 1.94. The van der Waals surface area contributed by atoms with Crippen LogP contribution in [0.3, 0.4) is 0 Å². The highest BCUT2D eigenvalue weighted by Crippen LogP contribution is 2.09. The van der Waals surface area contributed by atoms with Crippen molar-refractivity contribution in [1.82, 2.24) is 0 Å². The molecular formula is C8H5NO. The molecule has 0 N–H and O–H groups in total. The van der Waals surface area contributed by atoms with Crippen LogP contribution in [0.15, 0.2) is 39.9 Å². The van der Waals surface area contributed by atoms with Crippen molar-refractivity contribution in [2.24, 2.45) is 4.99 Å². The van der Waals surface area contributed by atoms with Gasteiger partial charge in [-0.1, -0.05) is 11.5 Å². The fourth-order valence-electron chi connectivity index (χ4n) is 0.617. The van der Waals surface area contributed by atoms with Crippen LogP contribution in [0.2, 0.25) is 0 Å². The highest BCUT2D eigenvalue weighted by atomic mass is 16.1. The van der Waals surface area contributed by atoms with Gasteiger partial charge in [0, 0.05) is 6.08 Å². The molecule has 0 aliphatic heterocycles. The van der Waals surface area contributed by atoms with Gasteiger partial charge in [0.15, 0.2) is 0 Å². The number of aliphatic imine (C=N–C) groups is 1. The molecule has 0 aromatic rings. The standard InChI is InChI=1S/C8H5NO/c1-7-4-2-3-5-8(7)9-6-10/h4-5H,1H3. The van der Waals surface area contributed by atoms with Crippen LogP contribution >= 0.6 is 0 Å². The smallest absolute Gasteiger partial charge is 0.211 e. The Hall–Kier alpha value is -1.58. The fraction of sp³-hybridized carbons (Fsp3) is 0.125. The van der Waals surface area contributed by atoms with Crippen molar-refractivity contribution in [3.05, 3.63) is 34.9 Å². The quantitative estimate of drug-likeness (QED) is 0.301. The van der Waals surface area contributed by atoms with Crippen LogP contribution in [0.25, 0.3) is 0 Å². The van der Waals surface area contributed by atoms with Gasteiger partial charge in [0.1, 0.15) is 0 Å². The molecule has 0 fully saturated rings. The molecule has 0 unspecified atom stereocenters. The van der Waals surface area contributed by atoms with E-state index >= 15 is 0 Å². The van der Waals surface area contributed by atoms with Crippen LogP contribution in [0, 0.1) is 0 Å². The molecule has 0 aromatic heterocycles. The average Bonchev–Trinajstić information content (AvgIpc) is 1.94. The molecule has 0 amide bonds. The monoisotopic (exact) mass is 131 g/mol. The maximum absolute atomic E-state index is 9.81. The van der Waals surface area contributed by atoms with Crippen LogP contribution in [0.4, 0.5) is 0 Å². The Morgan fingerprint density at radius 3 is 2.80 bits per heavy atom. The third kappa shape index (κ3) is 1.22. The van der Waals surface area contributed by atoms with E-state index in [9.17, 15) is 4.79 Å². The molecule has 0 spiro atoms. The van der Waals surface area contributed by atoms with E-state index in [1.165, 1.54) is 6.08 Å². The van der Waals surface area contributed by atoms with E-state index in [-0.39, 0.29) is 0 Å². The fourth-order valence-corrected chi connectivity index (χ4v) is 0.617. The zero-order valence-electron chi connectivity index (χ0n) is 5.51. The summed E-state index contributed by atoms with van der Waals surface area (Å²) in [5.41, 5.74) is 6.94. The molecule has 0 bridgehead atoms. The lowest BCUT2D eigenvalue weighted by Gasteiger charge is -1.93. The first kappa shape index (κ1) is 6.54. The minimum Gasteiger partial charge on any atom is -0.211 e. The van der Waals surface area contributed by atoms with Crippen LogP contribution in [0.1, 0.15) is 6.92 Å². The zero-order chi connectivity index (χ0) is 7.40. The molecule has 2 heteroatoms. The topological polar surface area (TPSA) is 29.4 Å². The largest absolute Gasteiger partial charge is 0.240 e. The predicted molar refractivity (Wildman–Crippen MR) is 37.0 cm³/mol. The van der Waals surface area contributed by atoms with Crippen molar-refractivity contribution >= 4 is 6.08 Å². The summed E-state index contributed by atoms with van der Waals surface area (Å²) in [5.74, 6) is 0. The first-order valence-corrected chi connectivity index (χ1v) is 2.81. The van der Waals surface area contributed by atoms with Gasteiger partial charge >= 0.3 is 0 Å². The molecule has 10 heavy (non-hydrogen) atoms. The van der Waals surface area contributed by atoms with Gasteiger partial charge in [0.25, 0.3) is 0 Å². The van der Waals surface area contributed by atoms with Crippen molar-refractivity contribution in [2.45, 2.75) is 6.92 Å². The van der Waals surface area contributed by atoms with Gasteiger partial charge in [-0.05, 0) is 18.6 Å². The minimum absolute atomic E-state index is 0.605. The van der Waals surface area contributed by atoms with Gasteiger partial charge in [-0.2, -0.15) is 4.99 Å². The van der Waals surface area contributed by atoms with Gasteiger partial charge in [0.05, 0.1) is 5.70 Å². The molecule has 0 saturated carbocycles. The number of allylic oxidation sites excluding steroid dienone is 3. The lowest BCUT2D eigenvalue weighted by Crippen LogP contribution is -1.78. The number of hydrogen-bond acceptors (Lipinski definition) is 2. The summed E-state index contributed by atoms with van der Waals surface area (Å²) >= 11 is 0. The number of carbonyl (C=O) groups excluding carboxylic acids is 1. The van der Waals surface area contributed by atoms with Gasteiger partial charge < -0.3 is 0 Å². The molecule has 0 atom stereocenters.